The average molecular weight is 490 g/mol. The van der Waals surface area contributed by atoms with Crippen molar-refractivity contribution >= 4 is 22.9 Å². The van der Waals surface area contributed by atoms with Crippen LogP contribution in [0.4, 0.5) is 0 Å². The van der Waals surface area contributed by atoms with E-state index >= 15 is 0 Å². The molecule has 182 valence electrons. The zero-order valence-corrected chi connectivity index (χ0v) is 20.9. The van der Waals surface area contributed by atoms with Crippen LogP contribution in [0.5, 0.6) is 5.75 Å². The third-order valence-corrected chi connectivity index (χ3v) is 7.31. The molecule has 0 bridgehead atoms. The standard InChI is InChI=1S/C27H31N5O2S/c1-30(20-24-7-4-17-35-24)19-21-8-10-23(11-9-21)34-16-12-22-6-2-3-14-31(22)27(33)25-18-26-28-13-5-15-32(26)29-25/h4-5,7-11,13,15,17-18,22H,2-3,6,12,14,16,19-20H2,1H3/t22-/m1/s1. The fraction of sp³-hybridized carbons (Fsp3) is 0.370. The fourth-order valence-electron chi connectivity index (χ4n) is 4.69. The minimum absolute atomic E-state index is 0.0174. The van der Waals surface area contributed by atoms with Gasteiger partial charge < -0.3 is 9.64 Å². The van der Waals surface area contributed by atoms with Crippen LogP contribution >= 0.6 is 11.3 Å². The SMILES string of the molecule is CN(Cc1ccc(OCC[C@H]2CCCCN2C(=O)c2cc3ncccn3n2)cc1)Cc1cccs1. The van der Waals surface area contributed by atoms with E-state index in [0.29, 0.717) is 17.9 Å². The van der Waals surface area contributed by atoms with Gasteiger partial charge in [0.15, 0.2) is 11.3 Å². The van der Waals surface area contributed by atoms with Crippen LogP contribution in [0.3, 0.4) is 0 Å². The first-order chi connectivity index (χ1) is 17.2. The summed E-state index contributed by atoms with van der Waals surface area (Å²) in [6.45, 7) is 3.20. The second-order valence-corrected chi connectivity index (χ2v) is 10.2. The van der Waals surface area contributed by atoms with E-state index in [1.54, 1.807) is 28.1 Å². The highest BCUT2D eigenvalue weighted by molar-refractivity contribution is 7.09. The Morgan fingerprint density at radius 3 is 2.86 bits per heavy atom. The normalized spacial score (nSPS) is 16.2. The first-order valence-corrected chi connectivity index (χ1v) is 13.1. The summed E-state index contributed by atoms with van der Waals surface area (Å²) in [5.41, 5.74) is 2.41. The van der Waals surface area contributed by atoms with Crippen molar-refractivity contribution in [1.29, 1.82) is 0 Å². The summed E-state index contributed by atoms with van der Waals surface area (Å²) >= 11 is 1.79. The average Bonchev–Trinajstić information content (AvgIpc) is 3.55. The van der Waals surface area contributed by atoms with E-state index in [1.807, 2.05) is 29.3 Å². The molecular weight excluding hydrogens is 458 g/mol. The molecule has 0 spiro atoms. The van der Waals surface area contributed by atoms with Gasteiger partial charge in [-0.15, -0.1) is 11.3 Å². The van der Waals surface area contributed by atoms with E-state index in [2.05, 4.69) is 51.7 Å². The second-order valence-electron chi connectivity index (χ2n) is 9.13. The van der Waals surface area contributed by atoms with E-state index in [1.165, 1.54) is 10.4 Å². The number of fused-ring (bicyclic) bond motifs is 1. The third kappa shape index (κ3) is 5.89. The number of hydrogen-bond donors (Lipinski definition) is 0. The third-order valence-electron chi connectivity index (χ3n) is 6.44. The van der Waals surface area contributed by atoms with Crippen molar-refractivity contribution in [2.75, 3.05) is 20.2 Å². The van der Waals surface area contributed by atoms with E-state index in [4.69, 9.17) is 4.74 Å². The Balaban J connectivity index is 1.13. The Morgan fingerprint density at radius 2 is 2.06 bits per heavy atom. The molecule has 35 heavy (non-hydrogen) atoms. The van der Waals surface area contributed by atoms with Gasteiger partial charge in [-0.05, 0) is 61.5 Å². The summed E-state index contributed by atoms with van der Waals surface area (Å²) in [6.07, 6.45) is 7.49. The highest BCUT2D eigenvalue weighted by atomic mass is 32.1. The predicted octanol–water partition coefficient (Wildman–Crippen LogP) is 4.89. The maximum absolute atomic E-state index is 13.2. The minimum Gasteiger partial charge on any atom is -0.494 e. The summed E-state index contributed by atoms with van der Waals surface area (Å²) in [5, 5.41) is 6.55. The molecule has 1 aromatic carbocycles. The number of hydrogen-bond acceptors (Lipinski definition) is 6. The van der Waals surface area contributed by atoms with Crippen molar-refractivity contribution in [2.45, 2.75) is 44.8 Å². The van der Waals surface area contributed by atoms with Gasteiger partial charge in [0, 0.05) is 55.4 Å². The van der Waals surface area contributed by atoms with Crippen LogP contribution in [-0.4, -0.2) is 56.5 Å². The zero-order valence-electron chi connectivity index (χ0n) is 20.0. The van der Waals surface area contributed by atoms with E-state index in [0.717, 1.165) is 51.1 Å². The van der Waals surface area contributed by atoms with E-state index in [-0.39, 0.29) is 11.9 Å². The maximum Gasteiger partial charge on any atom is 0.274 e. The lowest BCUT2D eigenvalue weighted by Crippen LogP contribution is -2.44. The van der Waals surface area contributed by atoms with Crippen LogP contribution in [-0.2, 0) is 13.1 Å². The molecule has 4 aromatic rings. The molecule has 0 N–H and O–H groups in total. The number of carbonyl (C=O) groups excluding carboxylic acids is 1. The molecule has 3 aromatic heterocycles. The molecular formula is C27H31N5O2S. The van der Waals surface area contributed by atoms with Gasteiger partial charge >= 0.3 is 0 Å². The van der Waals surface area contributed by atoms with Crippen LogP contribution in [0, 0.1) is 0 Å². The molecule has 7 nitrogen and oxygen atoms in total. The molecule has 1 amide bonds. The summed E-state index contributed by atoms with van der Waals surface area (Å²) in [5.74, 6) is 0.853. The van der Waals surface area contributed by atoms with Crippen molar-refractivity contribution in [3.8, 4) is 5.75 Å². The number of carbonyl (C=O) groups is 1. The first kappa shape index (κ1) is 23.5. The number of thiophene rings is 1. The lowest BCUT2D eigenvalue weighted by molar-refractivity contribution is 0.0574. The van der Waals surface area contributed by atoms with Crippen molar-refractivity contribution in [3.63, 3.8) is 0 Å². The van der Waals surface area contributed by atoms with Gasteiger partial charge in [0.05, 0.1) is 6.61 Å². The molecule has 0 radical (unpaired) electrons. The van der Waals surface area contributed by atoms with Gasteiger partial charge in [-0.2, -0.15) is 5.10 Å². The largest absolute Gasteiger partial charge is 0.494 e. The topological polar surface area (TPSA) is 63.0 Å². The maximum atomic E-state index is 13.2. The zero-order chi connectivity index (χ0) is 24.0. The Kier molecular flexibility index (Phi) is 7.39. The Hall–Kier alpha value is -3.23. The summed E-state index contributed by atoms with van der Waals surface area (Å²) in [7, 11) is 2.14. The number of rotatable bonds is 9. The quantitative estimate of drug-likeness (QED) is 0.335. The Morgan fingerprint density at radius 1 is 1.17 bits per heavy atom. The molecule has 1 aliphatic heterocycles. The van der Waals surface area contributed by atoms with Crippen LogP contribution in [0.15, 0.2) is 66.3 Å². The highest BCUT2D eigenvalue weighted by Crippen LogP contribution is 2.23. The van der Waals surface area contributed by atoms with E-state index < -0.39 is 0 Å². The molecule has 5 rings (SSSR count). The van der Waals surface area contributed by atoms with Crippen LogP contribution in [0.25, 0.3) is 5.65 Å². The Labute approximate surface area is 210 Å². The highest BCUT2D eigenvalue weighted by Gasteiger charge is 2.29. The van der Waals surface area contributed by atoms with Crippen LogP contribution in [0.2, 0.25) is 0 Å². The first-order valence-electron chi connectivity index (χ1n) is 12.2. The molecule has 0 saturated carbocycles. The van der Waals surface area contributed by atoms with Gasteiger partial charge in [0.1, 0.15) is 5.75 Å². The molecule has 0 aliphatic carbocycles. The molecule has 1 aliphatic rings. The molecule has 8 heteroatoms. The Bertz CT molecular complexity index is 1210. The van der Waals surface area contributed by atoms with Crippen molar-refractivity contribution in [3.05, 3.63) is 82.4 Å². The molecule has 4 heterocycles. The fourth-order valence-corrected chi connectivity index (χ4v) is 5.47. The summed E-state index contributed by atoms with van der Waals surface area (Å²) in [4.78, 5) is 23.2. The smallest absolute Gasteiger partial charge is 0.274 e. The minimum atomic E-state index is -0.0174. The number of likely N-dealkylation sites (tertiary alicyclic amines) is 1. The number of benzene rings is 1. The number of ether oxygens (including phenoxy) is 1. The van der Waals surface area contributed by atoms with Gasteiger partial charge in [-0.1, -0.05) is 18.2 Å². The van der Waals surface area contributed by atoms with Gasteiger partial charge in [-0.25, -0.2) is 9.50 Å². The number of nitrogens with zero attached hydrogens (tertiary/aromatic N) is 5. The van der Waals surface area contributed by atoms with Crippen molar-refractivity contribution in [2.24, 2.45) is 0 Å². The molecule has 1 atom stereocenters. The number of amides is 1. The lowest BCUT2D eigenvalue weighted by Gasteiger charge is -2.35. The molecule has 1 fully saturated rings. The predicted molar refractivity (Wildman–Crippen MR) is 138 cm³/mol. The van der Waals surface area contributed by atoms with Crippen LogP contribution in [0.1, 0.15) is 46.6 Å². The van der Waals surface area contributed by atoms with E-state index in [9.17, 15) is 4.79 Å². The number of aromatic nitrogens is 3. The number of piperidine rings is 1. The second kappa shape index (κ2) is 11.0. The molecule has 0 unspecified atom stereocenters. The summed E-state index contributed by atoms with van der Waals surface area (Å²) < 4.78 is 7.71. The lowest BCUT2D eigenvalue weighted by atomic mass is 9.99. The molecule has 1 saturated heterocycles. The van der Waals surface area contributed by atoms with Crippen LogP contribution < -0.4 is 4.74 Å². The van der Waals surface area contributed by atoms with Crippen molar-refractivity contribution < 1.29 is 9.53 Å². The summed E-state index contributed by atoms with van der Waals surface area (Å²) in [6, 6.07) is 16.4. The monoisotopic (exact) mass is 489 g/mol. The van der Waals surface area contributed by atoms with Gasteiger partial charge in [-0.3, -0.25) is 9.69 Å². The van der Waals surface area contributed by atoms with Gasteiger partial charge in [0.25, 0.3) is 5.91 Å². The van der Waals surface area contributed by atoms with Gasteiger partial charge in [0.2, 0.25) is 0 Å². The van der Waals surface area contributed by atoms with Crippen molar-refractivity contribution in [1.82, 2.24) is 24.4 Å².